The van der Waals surface area contributed by atoms with Crippen LogP contribution in [0, 0.1) is 6.92 Å². The zero-order chi connectivity index (χ0) is 16.9. The molecule has 0 spiro atoms. The zero-order valence-electron chi connectivity index (χ0n) is 13.8. The molecule has 2 aromatic carbocycles. The first-order chi connectivity index (χ1) is 11.6. The number of rotatable bonds is 3. The summed E-state index contributed by atoms with van der Waals surface area (Å²) >= 11 is 0. The van der Waals surface area contributed by atoms with Crippen molar-refractivity contribution in [1.82, 2.24) is 10.6 Å². The summed E-state index contributed by atoms with van der Waals surface area (Å²) in [5.41, 5.74) is 3.36. The molecule has 1 atom stereocenters. The number of phenols is 1. The fourth-order valence-electron chi connectivity index (χ4n) is 2.95. The highest BCUT2D eigenvalue weighted by Gasteiger charge is 2.18. The topological polar surface area (TPSA) is 61.4 Å². The number of aromatic hydroxyl groups is 1. The number of allylic oxidation sites excluding steroid dienone is 1. The van der Waals surface area contributed by atoms with E-state index < -0.39 is 0 Å². The molecule has 4 heteroatoms. The van der Waals surface area contributed by atoms with E-state index in [2.05, 4.69) is 22.8 Å². The summed E-state index contributed by atoms with van der Waals surface area (Å²) in [6.45, 7) is 3.48. The molecule has 1 saturated heterocycles. The maximum Gasteiger partial charge on any atom is 0.191 e. The second-order valence-electron chi connectivity index (χ2n) is 6.10. The maximum absolute atomic E-state index is 12.5. The predicted molar refractivity (Wildman–Crippen MR) is 95.1 cm³/mol. The molecule has 0 aromatic heterocycles. The first kappa shape index (κ1) is 16.3. The van der Waals surface area contributed by atoms with Crippen LogP contribution < -0.4 is 10.6 Å². The second kappa shape index (κ2) is 7.32. The van der Waals surface area contributed by atoms with Gasteiger partial charge in [0.2, 0.25) is 0 Å². The van der Waals surface area contributed by atoms with Gasteiger partial charge in [0.1, 0.15) is 5.75 Å². The van der Waals surface area contributed by atoms with E-state index in [1.54, 1.807) is 18.2 Å². The number of aryl methyl sites for hydroxylation is 1. The van der Waals surface area contributed by atoms with Gasteiger partial charge in [-0.05, 0) is 30.2 Å². The third kappa shape index (κ3) is 3.84. The van der Waals surface area contributed by atoms with Crippen LogP contribution in [-0.2, 0) is 0 Å². The van der Waals surface area contributed by atoms with Gasteiger partial charge < -0.3 is 15.7 Å². The molecule has 3 rings (SSSR count). The SMILES string of the molecule is Cc1ccc(C(=O)/C=C2/CC(c3ccccc3)NCCN2)c(O)c1. The Kier molecular flexibility index (Phi) is 4.96. The van der Waals surface area contributed by atoms with Crippen LogP contribution in [0.2, 0.25) is 0 Å². The molecule has 3 N–H and O–H groups in total. The Morgan fingerprint density at radius 3 is 2.71 bits per heavy atom. The number of phenolic OH excluding ortho intramolecular Hbond substituents is 1. The third-order valence-corrected chi connectivity index (χ3v) is 4.22. The number of hydrogen-bond acceptors (Lipinski definition) is 4. The predicted octanol–water partition coefficient (Wildman–Crippen LogP) is 3.09. The minimum absolute atomic E-state index is 0.0307. The van der Waals surface area contributed by atoms with Crippen molar-refractivity contribution < 1.29 is 9.90 Å². The minimum atomic E-state index is -0.177. The maximum atomic E-state index is 12.5. The molecule has 1 fully saturated rings. The van der Waals surface area contributed by atoms with Gasteiger partial charge in [-0.25, -0.2) is 0 Å². The quantitative estimate of drug-likeness (QED) is 0.600. The summed E-state index contributed by atoms with van der Waals surface area (Å²) in [6, 6.07) is 15.5. The lowest BCUT2D eigenvalue weighted by Crippen LogP contribution is -2.23. The van der Waals surface area contributed by atoms with E-state index >= 15 is 0 Å². The van der Waals surface area contributed by atoms with E-state index in [0.29, 0.717) is 12.0 Å². The van der Waals surface area contributed by atoms with Crippen LogP contribution in [0.4, 0.5) is 0 Å². The summed E-state index contributed by atoms with van der Waals surface area (Å²) in [7, 11) is 0. The van der Waals surface area contributed by atoms with Crippen LogP contribution >= 0.6 is 0 Å². The van der Waals surface area contributed by atoms with Gasteiger partial charge in [-0.1, -0.05) is 36.4 Å². The number of nitrogens with one attached hydrogen (secondary N) is 2. The summed E-state index contributed by atoms with van der Waals surface area (Å²) in [4.78, 5) is 12.5. The van der Waals surface area contributed by atoms with E-state index in [0.717, 1.165) is 24.4 Å². The fourth-order valence-corrected chi connectivity index (χ4v) is 2.95. The normalized spacial score (nSPS) is 19.5. The Morgan fingerprint density at radius 1 is 1.17 bits per heavy atom. The monoisotopic (exact) mass is 322 g/mol. The minimum Gasteiger partial charge on any atom is -0.507 e. The van der Waals surface area contributed by atoms with E-state index in [9.17, 15) is 9.90 Å². The molecule has 1 aliphatic heterocycles. The molecule has 0 bridgehead atoms. The van der Waals surface area contributed by atoms with Gasteiger partial charge in [0.25, 0.3) is 0 Å². The Hall–Kier alpha value is -2.59. The van der Waals surface area contributed by atoms with Gasteiger partial charge in [-0.15, -0.1) is 0 Å². The van der Waals surface area contributed by atoms with Crippen LogP contribution in [0.25, 0.3) is 0 Å². The first-order valence-electron chi connectivity index (χ1n) is 8.20. The molecule has 0 amide bonds. The molecule has 1 heterocycles. The average Bonchev–Trinajstić information content (AvgIpc) is 2.81. The van der Waals surface area contributed by atoms with E-state index in [1.165, 1.54) is 5.56 Å². The standard InChI is InChI=1S/C20H22N2O2/c1-14-7-8-17(19(23)11-14)20(24)13-16-12-18(22-10-9-21-16)15-5-3-2-4-6-15/h2-8,11,13,18,21-23H,9-10,12H2,1H3/b16-13-. The Balaban J connectivity index is 1.81. The van der Waals surface area contributed by atoms with Crippen molar-refractivity contribution >= 4 is 5.78 Å². The lowest BCUT2D eigenvalue weighted by Gasteiger charge is -2.16. The molecule has 1 aliphatic rings. The Bertz CT molecular complexity index is 753. The molecule has 4 nitrogen and oxygen atoms in total. The molecular weight excluding hydrogens is 300 g/mol. The molecular formula is C20H22N2O2. The van der Waals surface area contributed by atoms with Gasteiger partial charge in [-0.3, -0.25) is 4.79 Å². The summed E-state index contributed by atoms with van der Waals surface area (Å²) < 4.78 is 0. The zero-order valence-corrected chi connectivity index (χ0v) is 13.8. The lowest BCUT2D eigenvalue weighted by molar-refractivity contribution is 0.104. The molecule has 24 heavy (non-hydrogen) atoms. The number of hydrogen-bond donors (Lipinski definition) is 3. The second-order valence-corrected chi connectivity index (χ2v) is 6.10. The first-order valence-corrected chi connectivity index (χ1v) is 8.20. The summed E-state index contributed by atoms with van der Waals surface area (Å²) in [6.07, 6.45) is 2.32. The van der Waals surface area contributed by atoms with Gasteiger partial charge in [0.05, 0.1) is 5.56 Å². The van der Waals surface area contributed by atoms with Crippen molar-refractivity contribution in [2.75, 3.05) is 13.1 Å². The smallest absolute Gasteiger partial charge is 0.191 e. The van der Waals surface area contributed by atoms with Gasteiger partial charge in [0.15, 0.2) is 5.78 Å². The lowest BCUT2D eigenvalue weighted by atomic mass is 10.0. The van der Waals surface area contributed by atoms with Gasteiger partial charge in [0, 0.05) is 37.3 Å². The van der Waals surface area contributed by atoms with Crippen molar-refractivity contribution in [3.05, 3.63) is 77.0 Å². The van der Waals surface area contributed by atoms with Crippen LogP contribution in [0.3, 0.4) is 0 Å². The number of carbonyl (C=O) groups is 1. The van der Waals surface area contributed by atoms with Crippen LogP contribution in [0.1, 0.15) is 33.9 Å². The highest BCUT2D eigenvalue weighted by atomic mass is 16.3. The Labute approximate surface area is 142 Å². The van der Waals surface area contributed by atoms with Crippen molar-refractivity contribution in [2.24, 2.45) is 0 Å². The largest absolute Gasteiger partial charge is 0.507 e. The summed E-state index contributed by atoms with van der Waals surface area (Å²) in [5, 5.41) is 16.8. The fraction of sp³-hybridized carbons (Fsp3) is 0.250. The number of ketones is 1. The number of benzene rings is 2. The highest BCUT2D eigenvalue weighted by Crippen LogP contribution is 2.23. The van der Waals surface area contributed by atoms with Gasteiger partial charge in [-0.2, -0.15) is 0 Å². The summed E-state index contributed by atoms with van der Waals surface area (Å²) in [5.74, 6) is -0.146. The molecule has 2 aromatic rings. The van der Waals surface area contributed by atoms with Crippen molar-refractivity contribution in [1.29, 1.82) is 0 Å². The van der Waals surface area contributed by atoms with E-state index in [1.807, 2.05) is 31.2 Å². The molecule has 1 unspecified atom stereocenters. The van der Waals surface area contributed by atoms with Crippen molar-refractivity contribution in [3.8, 4) is 5.75 Å². The Morgan fingerprint density at radius 2 is 1.96 bits per heavy atom. The van der Waals surface area contributed by atoms with Crippen molar-refractivity contribution in [2.45, 2.75) is 19.4 Å². The number of carbonyl (C=O) groups excluding carboxylic acids is 1. The van der Waals surface area contributed by atoms with Gasteiger partial charge >= 0.3 is 0 Å². The highest BCUT2D eigenvalue weighted by molar-refractivity contribution is 6.06. The molecule has 0 aliphatic carbocycles. The van der Waals surface area contributed by atoms with Crippen LogP contribution in [0.5, 0.6) is 5.75 Å². The van der Waals surface area contributed by atoms with Crippen LogP contribution in [0.15, 0.2) is 60.3 Å². The molecule has 124 valence electrons. The molecule has 0 saturated carbocycles. The van der Waals surface area contributed by atoms with E-state index in [4.69, 9.17) is 0 Å². The average molecular weight is 322 g/mol. The molecule has 0 radical (unpaired) electrons. The van der Waals surface area contributed by atoms with Crippen LogP contribution in [-0.4, -0.2) is 24.0 Å². The van der Waals surface area contributed by atoms with Crippen molar-refractivity contribution in [3.63, 3.8) is 0 Å². The van der Waals surface area contributed by atoms with E-state index in [-0.39, 0.29) is 17.6 Å². The third-order valence-electron chi connectivity index (χ3n) is 4.22.